The van der Waals surface area contributed by atoms with E-state index >= 15 is 0 Å². The summed E-state index contributed by atoms with van der Waals surface area (Å²) in [7, 11) is 0. The summed E-state index contributed by atoms with van der Waals surface area (Å²) in [5.74, 6) is 1.41. The minimum atomic E-state index is 0.653. The highest BCUT2D eigenvalue weighted by Crippen LogP contribution is 2.17. The first-order chi connectivity index (χ1) is 7.22. The zero-order valence-electron chi connectivity index (χ0n) is 8.70. The van der Waals surface area contributed by atoms with Gasteiger partial charge in [0.2, 0.25) is 0 Å². The number of aromatic nitrogens is 2. The maximum atomic E-state index is 5.26. The van der Waals surface area contributed by atoms with Gasteiger partial charge in [0.1, 0.15) is 4.64 Å². The molecule has 0 unspecified atom stereocenters. The standard InChI is InChI=1S/C11H12N2OS/c1-3-8-7(2)12-10(13-11(8)15)9-5-4-6-14-9/h4-6H,3H2,1-2H3,(H,12,13,15). The molecule has 0 spiro atoms. The predicted octanol–water partition coefficient (Wildman–Crippen LogP) is 3.27. The number of H-pyrrole nitrogens is 1. The van der Waals surface area contributed by atoms with Gasteiger partial charge in [-0.3, -0.25) is 0 Å². The van der Waals surface area contributed by atoms with Crippen molar-refractivity contribution in [3.8, 4) is 11.6 Å². The highest BCUT2D eigenvalue weighted by atomic mass is 32.1. The smallest absolute Gasteiger partial charge is 0.175 e. The molecule has 0 aliphatic rings. The van der Waals surface area contributed by atoms with Crippen LogP contribution in [-0.4, -0.2) is 9.97 Å². The normalized spacial score (nSPS) is 10.5. The van der Waals surface area contributed by atoms with E-state index in [4.69, 9.17) is 16.6 Å². The Bertz CT molecular complexity index is 514. The summed E-state index contributed by atoms with van der Waals surface area (Å²) in [5, 5.41) is 0. The van der Waals surface area contributed by atoms with Crippen molar-refractivity contribution in [1.29, 1.82) is 0 Å². The molecule has 0 saturated heterocycles. The largest absolute Gasteiger partial charge is 0.461 e. The van der Waals surface area contributed by atoms with E-state index in [0.29, 0.717) is 16.2 Å². The van der Waals surface area contributed by atoms with Crippen molar-refractivity contribution < 1.29 is 4.42 Å². The van der Waals surface area contributed by atoms with Gasteiger partial charge in [-0.1, -0.05) is 19.1 Å². The number of rotatable bonds is 2. The third-order valence-electron chi connectivity index (χ3n) is 2.34. The SMILES string of the molecule is CCc1c(C)[nH]c(-c2ccco2)nc1=S. The lowest BCUT2D eigenvalue weighted by molar-refractivity contribution is 0.576. The third kappa shape index (κ3) is 1.85. The summed E-state index contributed by atoms with van der Waals surface area (Å²) in [5.41, 5.74) is 2.16. The second-order valence-corrected chi connectivity index (χ2v) is 3.71. The second-order valence-electron chi connectivity index (χ2n) is 3.32. The van der Waals surface area contributed by atoms with E-state index in [2.05, 4.69) is 16.9 Å². The second kappa shape index (κ2) is 3.98. The predicted molar refractivity (Wildman–Crippen MR) is 61.2 cm³/mol. The average Bonchev–Trinajstić information content (AvgIpc) is 2.69. The van der Waals surface area contributed by atoms with Crippen molar-refractivity contribution in [2.45, 2.75) is 20.3 Å². The molecule has 0 aromatic carbocycles. The van der Waals surface area contributed by atoms with Crippen LogP contribution in [0.5, 0.6) is 0 Å². The van der Waals surface area contributed by atoms with Gasteiger partial charge < -0.3 is 9.40 Å². The molecule has 0 atom stereocenters. The van der Waals surface area contributed by atoms with Crippen LogP contribution < -0.4 is 0 Å². The van der Waals surface area contributed by atoms with E-state index in [1.807, 2.05) is 19.1 Å². The van der Waals surface area contributed by atoms with Crippen molar-refractivity contribution in [3.63, 3.8) is 0 Å². The molecule has 4 heteroatoms. The van der Waals surface area contributed by atoms with E-state index < -0.39 is 0 Å². The number of hydrogen-bond donors (Lipinski definition) is 1. The summed E-state index contributed by atoms with van der Waals surface area (Å²) < 4.78 is 5.92. The molecule has 3 nitrogen and oxygen atoms in total. The van der Waals surface area contributed by atoms with E-state index in [9.17, 15) is 0 Å². The van der Waals surface area contributed by atoms with Gasteiger partial charge in [0.05, 0.1) is 6.26 Å². The van der Waals surface area contributed by atoms with Crippen molar-refractivity contribution in [2.24, 2.45) is 0 Å². The van der Waals surface area contributed by atoms with Crippen LogP contribution in [0, 0.1) is 11.6 Å². The molecule has 0 fully saturated rings. The van der Waals surface area contributed by atoms with Gasteiger partial charge in [-0.15, -0.1) is 0 Å². The first-order valence-electron chi connectivity index (χ1n) is 4.86. The van der Waals surface area contributed by atoms with Gasteiger partial charge in [0.15, 0.2) is 11.6 Å². The summed E-state index contributed by atoms with van der Waals surface area (Å²) >= 11 is 5.23. The van der Waals surface area contributed by atoms with Crippen LogP contribution in [0.4, 0.5) is 0 Å². The molecule has 2 rings (SSSR count). The molecular formula is C11H12N2OS. The lowest BCUT2D eigenvalue weighted by atomic mass is 10.2. The quantitative estimate of drug-likeness (QED) is 0.790. The Labute approximate surface area is 93.2 Å². The summed E-state index contributed by atoms with van der Waals surface area (Å²) in [6.07, 6.45) is 2.52. The minimum Gasteiger partial charge on any atom is -0.461 e. The number of hydrogen-bond acceptors (Lipinski definition) is 3. The first-order valence-corrected chi connectivity index (χ1v) is 5.27. The van der Waals surface area contributed by atoms with Crippen LogP contribution >= 0.6 is 12.2 Å². The van der Waals surface area contributed by atoms with Crippen LogP contribution in [0.2, 0.25) is 0 Å². The minimum absolute atomic E-state index is 0.653. The van der Waals surface area contributed by atoms with Crippen molar-refractivity contribution in [2.75, 3.05) is 0 Å². The van der Waals surface area contributed by atoms with Crippen LogP contribution in [-0.2, 0) is 6.42 Å². The highest BCUT2D eigenvalue weighted by Gasteiger charge is 2.07. The maximum absolute atomic E-state index is 5.26. The van der Waals surface area contributed by atoms with Gasteiger partial charge >= 0.3 is 0 Å². The Hall–Kier alpha value is -1.42. The molecule has 0 amide bonds. The lowest BCUT2D eigenvalue weighted by Gasteiger charge is -2.05. The summed E-state index contributed by atoms with van der Waals surface area (Å²) in [6.45, 7) is 4.07. The average molecular weight is 220 g/mol. The Balaban J connectivity index is 2.58. The van der Waals surface area contributed by atoms with Crippen molar-refractivity contribution in [1.82, 2.24) is 9.97 Å². The maximum Gasteiger partial charge on any atom is 0.175 e. The molecule has 15 heavy (non-hydrogen) atoms. The van der Waals surface area contributed by atoms with E-state index in [0.717, 1.165) is 17.7 Å². The fraction of sp³-hybridized carbons (Fsp3) is 0.273. The molecule has 2 heterocycles. The van der Waals surface area contributed by atoms with Gasteiger partial charge in [-0.25, -0.2) is 4.98 Å². The topological polar surface area (TPSA) is 41.8 Å². The fourth-order valence-corrected chi connectivity index (χ4v) is 1.95. The third-order valence-corrected chi connectivity index (χ3v) is 2.68. The van der Waals surface area contributed by atoms with Gasteiger partial charge in [-0.2, -0.15) is 0 Å². The van der Waals surface area contributed by atoms with E-state index in [1.165, 1.54) is 0 Å². The molecular weight excluding hydrogens is 208 g/mol. The number of aromatic amines is 1. The molecule has 0 aliphatic heterocycles. The molecule has 0 aliphatic carbocycles. The molecule has 0 bridgehead atoms. The Morgan fingerprint density at radius 3 is 2.87 bits per heavy atom. The monoisotopic (exact) mass is 220 g/mol. The van der Waals surface area contributed by atoms with E-state index in [-0.39, 0.29) is 0 Å². The Morgan fingerprint density at radius 2 is 2.33 bits per heavy atom. The fourth-order valence-electron chi connectivity index (χ4n) is 1.56. The van der Waals surface area contributed by atoms with Crippen LogP contribution in [0.15, 0.2) is 22.8 Å². The molecule has 0 radical (unpaired) electrons. The number of nitrogens with zero attached hydrogens (tertiary/aromatic N) is 1. The van der Waals surface area contributed by atoms with Gasteiger partial charge in [-0.05, 0) is 25.5 Å². The highest BCUT2D eigenvalue weighted by molar-refractivity contribution is 7.71. The number of nitrogens with one attached hydrogen (secondary N) is 1. The van der Waals surface area contributed by atoms with Gasteiger partial charge in [0, 0.05) is 11.3 Å². The molecule has 1 N–H and O–H groups in total. The molecule has 78 valence electrons. The molecule has 0 saturated carbocycles. The first kappa shape index (κ1) is 10.1. The zero-order chi connectivity index (χ0) is 10.8. The van der Waals surface area contributed by atoms with Gasteiger partial charge in [0.25, 0.3) is 0 Å². The number of furan rings is 1. The van der Waals surface area contributed by atoms with E-state index in [1.54, 1.807) is 6.26 Å². The summed E-state index contributed by atoms with van der Waals surface area (Å²) in [4.78, 5) is 7.51. The Kier molecular flexibility index (Phi) is 2.68. The summed E-state index contributed by atoms with van der Waals surface area (Å²) in [6, 6.07) is 3.69. The van der Waals surface area contributed by atoms with Crippen LogP contribution in [0.3, 0.4) is 0 Å². The van der Waals surface area contributed by atoms with Crippen molar-refractivity contribution in [3.05, 3.63) is 34.3 Å². The number of aryl methyl sites for hydroxylation is 1. The molecule has 2 aromatic rings. The Morgan fingerprint density at radius 1 is 1.53 bits per heavy atom. The zero-order valence-corrected chi connectivity index (χ0v) is 9.52. The van der Waals surface area contributed by atoms with Crippen LogP contribution in [0.25, 0.3) is 11.6 Å². The molecule has 2 aromatic heterocycles. The van der Waals surface area contributed by atoms with Crippen molar-refractivity contribution >= 4 is 12.2 Å². The lowest BCUT2D eigenvalue weighted by Crippen LogP contribution is -1.98. The van der Waals surface area contributed by atoms with Crippen LogP contribution in [0.1, 0.15) is 18.2 Å².